The van der Waals surface area contributed by atoms with Crippen LogP contribution in [0.2, 0.25) is 0 Å². The quantitative estimate of drug-likeness (QED) is 0.668. The number of carboxylic acids is 1. The maximum absolute atomic E-state index is 10.6. The Balaban J connectivity index is 2.53. The summed E-state index contributed by atoms with van der Waals surface area (Å²) in [6.07, 6.45) is -0.235. The number of aliphatic carboxylic acids is 1. The molecule has 2 atom stereocenters. The van der Waals surface area contributed by atoms with Gasteiger partial charge in [0.15, 0.2) is 0 Å². The van der Waals surface area contributed by atoms with Crippen molar-refractivity contribution in [2.24, 2.45) is 5.73 Å². The van der Waals surface area contributed by atoms with Gasteiger partial charge in [-0.1, -0.05) is 12.1 Å². The summed E-state index contributed by atoms with van der Waals surface area (Å²) in [5, 5.41) is 17.7. The molecule has 0 aromatic heterocycles. The molecule has 1 aromatic carbocycles. The van der Waals surface area contributed by atoms with E-state index in [4.69, 9.17) is 20.7 Å². The first-order valence-corrected chi connectivity index (χ1v) is 5.37. The van der Waals surface area contributed by atoms with E-state index < -0.39 is 18.1 Å². The number of rotatable bonds is 6. The van der Waals surface area contributed by atoms with Crippen molar-refractivity contribution in [3.8, 4) is 5.75 Å². The molecule has 0 saturated heterocycles. The number of carboxylic acid groups (broad SMARTS) is 1. The van der Waals surface area contributed by atoms with Crippen LogP contribution in [0.1, 0.15) is 12.5 Å². The van der Waals surface area contributed by atoms with Gasteiger partial charge in [0.05, 0.1) is 6.10 Å². The van der Waals surface area contributed by atoms with Crippen LogP contribution in [0.4, 0.5) is 0 Å². The van der Waals surface area contributed by atoms with Crippen LogP contribution in [0.25, 0.3) is 0 Å². The lowest BCUT2D eigenvalue weighted by molar-refractivity contribution is -0.138. The molecule has 4 N–H and O–H groups in total. The summed E-state index contributed by atoms with van der Waals surface area (Å²) in [4.78, 5) is 10.6. The minimum atomic E-state index is -1.01. The van der Waals surface area contributed by atoms with Crippen molar-refractivity contribution >= 4 is 5.97 Å². The molecule has 0 spiro atoms. The first-order chi connectivity index (χ1) is 7.99. The maximum atomic E-state index is 10.6. The van der Waals surface area contributed by atoms with Crippen LogP contribution >= 0.6 is 0 Å². The van der Waals surface area contributed by atoms with E-state index in [2.05, 4.69) is 0 Å². The summed E-state index contributed by atoms with van der Waals surface area (Å²) >= 11 is 0. The van der Waals surface area contributed by atoms with Crippen LogP contribution in [0, 0.1) is 0 Å². The zero-order valence-corrected chi connectivity index (χ0v) is 9.67. The normalized spacial score (nSPS) is 14.1. The Morgan fingerprint density at radius 1 is 1.41 bits per heavy atom. The zero-order chi connectivity index (χ0) is 12.8. The minimum absolute atomic E-state index is 0.230. The average Bonchev–Trinajstić information content (AvgIpc) is 2.28. The zero-order valence-electron chi connectivity index (χ0n) is 9.67. The highest BCUT2D eigenvalue weighted by Gasteiger charge is 2.11. The Hall–Kier alpha value is -1.59. The first kappa shape index (κ1) is 13.5. The third-order valence-corrected chi connectivity index (χ3v) is 2.19. The number of aliphatic hydroxyl groups excluding tert-OH is 1. The fourth-order valence-corrected chi connectivity index (χ4v) is 1.28. The smallest absolute Gasteiger partial charge is 0.320 e. The SMILES string of the molecule is CC(O)COc1ccc(C[C@H](N)C(=O)O)cc1. The predicted octanol–water partition coefficient (Wildman–Crippen LogP) is 0.401. The van der Waals surface area contributed by atoms with Gasteiger partial charge in [-0.3, -0.25) is 4.79 Å². The Morgan fingerprint density at radius 2 is 2.00 bits per heavy atom. The molecule has 0 radical (unpaired) electrons. The molecule has 5 heteroatoms. The maximum Gasteiger partial charge on any atom is 0.320 e. The summed E-state index contributed by atoms with van der Waals surface area (Å²) in [6.45, 7) is 1.87. The van der Waals surface area contributed by atoms with Gasteiger partial charge in [-0.15, -0.1) is 0 Å². The highest BCUT2D eigenvalue weighted by molar-refractivity contribution is 5.73. The summed E-state index contributed by atoms with van der Waals surface area (Å²) in [6, 6.07) is 6.10. The van der Waals surface area contributed by atoms with Gasteiger partial charge >= 0.3 is 5.97 Å². The molecular weight excluding hydrogens is 222 g/mol. The van der Waals surface area contributed by atoms with Gasteiger partial charge in [-0.05, 0) is 31.0 Å². The lowest BCUT2D eigenvalue weighted by Gasteiger charge is -2.10. The Morgan fingerprint density at radius 3 is 2.47 bits per heavy atom. The van der Waals surface area contributed by atoms with Gasteiger partial charge in [0.1, 0.15) is 18.4 Å². The molecule has 0 aliphatic carbocycles. The van der Waals surface area contributed by atoms with Gasteiger partial charge in [-0.25, -0.2) is 0 Å². The van der Waals surface area contributed by atoms with E-state index >= 15 is 0 Å². The van der Waals surface area contributed by atoms with Crippen LogP contribution in [-0.4, -0.2) is 34.9 Å². The van der Waals surface area contributed by atoms with Crippen molar-refractivity contribution in [2.75, 3.05) is 6.61 Å². The largest absolute Gasteiger partial charge is 0.491 e. The van der Waals surface area contributed by atoms with E-state index in [9.17, 15) is 4.79 Å². The summed E-state index contributed by atoms with van der Waals surface area (Å²) in [5.41, 5.74) is 6.26. The second-order valence-electron chi connectivity index (χ2n) is 3.95. The van der Waals surface area contributed by atoms with Crippen LogP contribution in [0.5, 0.6) is 5.75 Å². The van der Waals surface area contributed by atoms with Crippen molar-refractivity contribution < 1.29 is 19.7 Å². The highest BCUT2D eigenvalue weighted by Crippen LogP contribution is 2.13. The fraction of sp³-hybridized carbons (Fsp3) is 0.417. The van der Waals surface area contributed by atoms with Crippen LogP contribution in [0.3, 0.4) is 0 Å². The van der Waals surface area contributed by atoms with Crippen molar-refractivity contribution in [2.45, 2.75) is 25.5 Å². The van der Waals surface area contributed by atoms with Gasteiger partial charge in [-0.2, -0.15) is 0 Å². The number of hydrogen-bond acceptors (Lipinski definition) is 4. The first-order valence-electron chi connectivity index (χ1n) is 5.37. The molecule has 0 amide bonds. The van der Waals surface area contributed by atoms with Crippen molar-refractivity contribution in [3.63, 3.8) is 0 Å². The number of carbonyl (C=O) groups is 1. The second-order valence-corrected chi connectivity index (χ2v) is 3.95. The number of ether oxygens (including phenoxy) is 1. The van der Waals surface area contributed by atoms with Crippen molar-refractivity contribution in [1.82, 2.24) is 0 Å². The molecule has 0 fully saturated rings. The molecule has 1 unspecified atom stereocenters. The molecule has 17 heavy (non-hydrogen) atoms. The Labute approximate surface area is 99.8 Å². The van der Waals surface area contributed by atoms with Crippen LogP contribution < -0.4 is 10.5 Å². The fourth-order valence-electron chi connectivity index (χ4n) is 1.28. The Bertz CT molecular complexity index is 361. The van der Waals surface area contributed by atoms with E-state index in [1.54, 1.807) is 31.2 Å². The lowest BCUT2D eigenvalue weighted by Crippen LogP contribution is -2.32. The van der Waals surface area contributed by atoms with Gasteiger partial charge in [0.25, 0.3) is 0 Å². The number of nitrogens with two attached hydrogens (primary N) is 1. The molecule has 5 nitrogen and oxygen atoms in total. The van der Waals surface area contributed by atoms with Gasteiger partial charge in [0.2, 0.25) is 0 Å². The summed E-state index contributed by atoms with van der Waals surface area (Å²) in [5.74, 6) is -0.377. The third-order valence-electron chi connectivity index (χ3n) is 2.19. The number of hydrogen-bond donors (Lipinski definition) is 3. The molecule has 1 rings (SSSR count). The minimum Gasteiger partial charge on any atom is -0.491 e. The van der Waals surface area contributed by atoms with E-state index in [1.165, 1.54) is 0 Å². The van der Waals surface area contributed by atoms with Gasteiger partial charge in [0, 0.05) is 0 Å². The van der Waals surface area contributed by atoms with Crippen molar-refractivity contribution in [1.29, 1.82) is 0 Å². The highest BCUT2D eigenvalue weighted by atomic mass is 16.5. The molecule has 0 aliphatic heterocycles. The number of aliphatic hydroxyl groups is 1. The van der Waals surface area contributed by atoms with Gasteiger partial charge < -0.3 is 20.7 Å². The van der Waals surface area contributed by atoms with E-state index in [0.29, 0.717) is 5.75 Å². The standard InChI is InChI=1S/C12H17NO4/c1-8(14)7-17-10-4-2-9(3-5-10)6-11(13)12(15)16/h2-5,8,11,14H,6-7,13H2,1H3,(H,15,16)/t8?,11-/m0/s1. The second kappa shape index (κ2) is 6.22. The van der Waals surface area contributed by atoms with E-state index in [1.807, 2.05) is 0 Å². The summed E-state index contributed by atoms with van der Waals surface area (Å²) < 4.78 is 5.28. The average molecular weight is 239 g/mol. The topological polar surface area (TPSA) is 92.8 Å². The molecule has 0 heterocycles. The van der Waals surface area contributed by atoms with E-state index in [0.717, 1.165) is 5.56 Å². The monoisotopic (exact) mass is 239 g/mol. The third kappa shape index (κ3) is 4.84. The number of benzene rings is 1. The lowest BCUT2D eigenvalue weighted by atomic mass is 10.1. The van der Waals surface area contributed by atoms with E-state index in [-0.39, 0.29) is 13.0 Å². The molecule has 94 valence electrons. The molecule has 0 saturated carbocycles. The molecule has 1 aromatic rings. The predicted molar refractivity (Wildman–Crippen MR) is 62.9 cm³/mol. The van der Waals surface area contributed by atoms with Crippen LogP contribution in [0.15, 0.2) is 24.3 Å². The molecular formula is C12H17NO4. The molecule has 0 bridgehead atoms. The Kier molecular flexibility index (Phi) is 4.93. The summed E-state index contributed by atoms with van der Waals surface area (Å²) in [7, 11) is 0. The molecule has 0 aliphatic rings. The van der Waals surface area contributed by atoms with Crippen LogP contribution in [-0.2, 0) is 11.2 Å². The van der Waals surface area contributed by atoms with Crippen molar-refractivity contribution in [3.05, 3.63) is 29.8 Å².